The molecule has 1 amide bonds. The number of amides is 1. The highest BCUT2D eigenvalue weighted by atomic mass is 79.9. The van der Waals surface area contributed by atoms with Crippen LogP contribution in [0.15, 0.2) is 77.4 Å². The molecular weight excluding hydrogens is 408 g/mol. The number of nitrogens with zero attached hydrogens (tertiary/aromatic N) is 1. The number of thiazole rings is 1. The zero-order chi connectivity index (χ0) is 17.9. The maximum atomic E-state index is 12.5. The van der Waals surface area contributed by atoms with Gasteiger partial charge in [0.05, 0.1) is 0 Å². The first-order chi connectivity index (χ1) is 12.7. The fourth-order valence-electron chi connectivity index (χ4n) is 2.75. The molecule has 0 unspecified atom stereocenters. The minimum Gasteiger partial charge on any atom is -0.298 e. The van der Waals surface area contributed by atoms with E-state index in [0.717, 1.165) is 26.5 Å². The fraction of sp³-hybridized carbons (Fsp3) is 0.0476. The number of carbonyl (C=O) groups is 1. The molecule has 5 heteroatoms. The molecule has 0 bridgehead atoms. The van der Waals surface area contributed by atoms with Crippen LogP contribution in [0.25, 0.3) is 10.8 Å². The summed E-state index contributed by atoms with van der Waals surface area (Å²) in [6.07, 6.45) is 2.62. The van der Waals surface area contributed by atoms with E-state index in [-0.39, 0.29) is 5.91 Å². The number of hydrogen-bond acceptors (Lipinski definition) is 3. The normalized spacial score (nSPS) is 10.8. The third kappa shape index (κ3) is 3.84. The average Bonchev–Trinajstić information content (AvgIpc) is 3.10. The molecule has 0 aliphatic heterocycles. The van der Waals surface area contributed by atoms with E-state index in [9.17, 15) is 4.79 Å². The Kier molecular flexibility index (Phi) is 4.82. The second-order valence-corrected chi connectivity index (χ2v) is 7.98. The van der Waals surface area contributed by atoms with Crippen molar-refractivity contribution in [1.82, 2.24) is 4.98 Å². The van der Waals surface area contributed by atoms with E-state index < -0.39 is 0 Å². The lowest BCUT2D eigenvalue weighted by Crippen LogP contribution is -2.11. The highest BCUT2D eigenvalue weighted by molar-refractivity contribution is 9.10. The Morgan fingerprint density at radius 3 is 2.58 bits per heavy atom. The van der Waals surface area contributed by atoms with Crippen LogP contribution in [0, 0.1) is 0 Å². The van der Waals surface area contributed by atoms with Crippen molar-refractivity contribution in [2.45, 2.75) is 6.42 Å². The maximum Gasteiger partial charge on any atom is 0.257 e. The standard InChI is InChI=1S/C21H15BrN2OS/c22-18-9-5-14(6-10-18)11-19-13-23-21(26-19)24-20(25)17-8-7-15-3-1-2-4-16(15)12-17/h1-10,12-13H,11H2,(H,23,24,25). The van der Waals surface area contributed by atoms with E-state index in [4.69, 9.17) is 0 Å². The van der Waals surface area contributed by atoms with E-state index in [1.807, 2.05) is 60.8 Å². The number of benzene rings is 3. The highest BCUT2D eigenvalue weighted by Crippen LogP contribution is 2.23. The van der Waals surface area contributed by atoms with Crippen molar-refractivity contribution in [3.63, 3.8) is 0 Å². The van der Waals surface area contributed by atoms with Crippen molar-refractivity contribution in [3.8, 4) is 0 Å². The minimum absolute atomic E-state index is 0.139. The van der Waals surface area contributed by atoms with E-state index in [2.05, 4.69) is 38.4 Å². The number of fused-ring (bicyclic) bond motifs is 1. The zero-order valence-corrected chi connectivity index (χ0v) is 16.2. The summed E-state index contributed by atoms with van der Waals surface area (Å²) in [5.74, 6) is -0.139. The Bertz CT molecular complexity index is 1070. The van der Waals surface area contributed by atoms with Crippen molar-refractivity contribution in [2.75, 3.05) is 5.32 Å². The summed E-state index contributed by atoms with van der Waals surface area (Å²) in [6.45, 7) is 0. The van der Waals surface area contributed by atoms with E-state index >= 15 is 0 Å². The van der Waals surface area contributed by atoms with Gasteiger partial charge >= 0.3 is 0 Å². The largest absolute Gasteiger partial charge is 0.298 e. The maximum absolute atomic E-state index is 12.5. The van der Waals surface area contributed by atoms with Crippen LogP contribution in [0.5, 0.6) is 0 Å². The van der Waals surface area contributed by atoms with Gasteiger partial charge in [-0.1, -0.05) is 58.4 Å². The average molecular weight is 423 g/mol. The first-order valence-corrected chi connectivity index (χ1v) is 9.78. The molecule has 3 aromatic carbocycles. The minimum atomic E-state index is -0.139. The van der Waals surface area contributed by atoms with Gasteiger partial charge in [-0.05, 0) is 40.6 Å². The summed E-state index contributed by atoms with van der Waals surface area (Å²) in [4.78, 5) is 18.0. The number of carbonyl (C=O) groups excluding carboxylic acids is 1. The molecule has 0 saturated heterocycles. The molecule has 0 fully saturated rings. The van der Waals surface area contributed by atoms with E-state index in [1.165, 1.54) is 16.9 Å². The van der Waals surface area contributed by atoms with Gasteiger partial charge in [-0.25, -0.2) is 4.98 Å². The van der Waals surface area contributed by atoms with Gasteiger partial charge in [-0.3, -0.25) is 10.1 Å². The first kappa shape index (κ1) is 16.9. The predicted molar refractivity (Wildman–Crippen MR) is 111 cm³/mol. The number of rotatable bonds is 4. The van der Waals surface area contributed by atoms with E-state index in [0.29, 0.717) is 10.7 Å². The van der Waals surface area contributed by atoms with Gasteiger partial charge in [0.1, 0.15) is 0 Å². The van der Waals surface area contributed by atoms with Gasteiger partial charge in [0.2, 0.25) is 0 Å². The predicted octanol–water partition coefficient (Wildman–Crippen LogP) is 5.90. The number of halogens is 1. The lowest BCUT2D eigenvalue weighted by Gasteiger charge is -2.03. The van der Waals surface area contributed by atoms with Crippen molar-refractivity contribution in [2.24, 2.45) is 0 Å². The second-order valence-electron chi connectivity index (χ2n) is 5.95. The van der Waals surface area contributed by atoms with Crippen LogP contribution < -0.4 is 5.32 Å². The molecular formula is C21H15BrN2OS. The number of aromatic nitrogens is 1. The van der Waals surface area contributed by atoms with Gasteiger partial charge in [0.15, 0.2) is 5.13 Å². The Hall–Kier alpha value is -2.50. The van der Waals surface area contributed by atoms with Crippen LogP contribution in [0.4, 0.5) is 5.13 Å². The molecule has 128 valence electrons. The number of anilines is 1. The summed E-state index contributed by atoms with van der Waals surface area (Å²) < 4.78 is 1.06. The van der Waals surface area contributed by atoms with Gasteiger partial charge in [0.25, 0.3) is 5.91 Å². The SMILES string of the molecule is O=C(Nc1ncc(Cc2ccc(Br)cc2)s1)c1ccc2ccccc2c1. The van der Waals surface area contributed by atoms with Crippen molar-refractivity contribution < 1.29 is 4.79 Å². The molecule has 4 rings (SSSR count). The van der Waals surface area contributed by atoms with Gasteiger partial charge in [-0.15, -0.1) is 11.3 Å². The second kappa shape index (κ2) is 7.40. The summed E-state index contributed by atoms with van der Waals surface area (Å²) in [6, 6.07) is 21.9. The molecule has 1 heterocycles. The Balaban J connectivity index is 1.47. The highest BCUT2D eigenvalue weighted by Gasteiger charge is 2.10. The molecule has 0 spiro atoms. The smallest absolute Gasteiger partial charge is 0.257 e. The van der Waals surface area contributed by atoms with Crippen molar-refractivity contribution in [3.05, 3.63) is 93.4 Å². The lowest BCUT2D eigenvalue weighted by molar-refractivity contribution is 0.102. The first-order valence-electron chi connectivity index (χ1n) is 8.17. The zero-order valence-electron chi connectivity index (χ0n) is 13.8. The summed E-state index contributed by atoms with van der Waals surface area (Å²) >= 11 is 4.95. The van der Waals surface area contributed by atoms with Crippen LogP contribution >= 0.6 is 27.3 Å². The molecule has 0 saturated carbocycles. The van der Waals surface area contributed by atoms with Crippen molar-refractivity contribution >= 4 is 49.1 Å². The molecule has 3 nitrogen and oxygen atoms in total. The van der Waals surface area contributed by atoms with Crippen molar-refractivity contribution in [1.29, 1.82) is 0 Å². The van der Waals surface area contributed by atoms with Gasteiger partial charge in [-0.2, -0.15) is 0 Å². The molecule has 1 aromatic heterocycles. The van der Waals surface area contributed by atoms with Crippen LogP contribution in [-0.2, 0) is 6.42 Å². The molecule has 0 atom stereocenters. The molecule has 4 aromatic rings. The van der Waals surface area contributed by atoms with E-state index in [1.54, 1.807) is 0 Å². The Labute approximate surface area is 163 Å². The van der Waals surface area contributed by atoms with Crippen LogP contribution in [0.2, 0.25) is 0 Å². The topological polar surface area (TPSA) is 42.0 Å². The quantitative estimate of drug-likeness (QED) is 0.444. The third-order valence-corrected chi connectivity index (χ3v) is 5.52. The summed E-state index contributed by atoms with van der Waals surface area (Å²) in [5, 5.41) is 5.69. The molecule has 0 radical (unpaired) electrons. The third-order valence-electron chi connectivity index (χ3n) is 4.08. The van der Waals surface area contributed by atoms with Gasteiger partial charge in [0, 0.05) is 27.5 Å². The van der Waals surface area contributed by atoms with Gasteiger partial charge < -0.3 is 0 Å². The monoisotopic (exact) mass is 422 g/mol. The lowest BCUT2D eigenvalue weighted by atomic mass is 10.1. The fourth-order valence-corrected chi connectivity index (χ4v) is 3.86. The number of nitrogens with one attached hydrogen (secondary N) is 1. The molecule has 26 heavy (non-hydrogen) atoms. The van der Waals surface area contributed by atoms with Crippen LogP contribution in [-0.4, -0.2) is 10.9 Å². The molecule has 0 aliphatic carbocycles. The Morgan fingerprint density at radius 1 is 1.00 bits per heavy atom. The van der Waals surface area contributed by atoms with Crippen LogP contribution in [0.3, 0.4) is 0 Å². The molecule has 1 N–H and O–H groups in total. The number of hydrogen-bond donors (Lipinski definition) is 1. The van der Waals surface area contributed by atoms with Crippen LogP contribution in [0.1, 0.15) is 20.8 Å². The summed E-state index contributed by atoms with van der Waals surface area (Å²) in [5.41, 5.74) is 1.85. The summed E-state index contributed by atoms with van der Waals surface area (Å²) in [7, 11) is 0. The Morgan fingerprint density at radius 2 is 1.77 bits per heavy atom. The molecule has 0 aliphatic rings.